The average molecular weight is 640 g/mol. The molecular weight excluding hydrogens is 615 g/mol. The zero-order valence-electron chi connectivity index (χ0n) is 18.8. The molecule has 0 radical (unpaired) electrons. The molecule has 0 spiro atoms. The topological polar surface area (TPSA) is 54.4 Å². The Morgan fingerprint density at radius 1 is 0.706 bits per heavy atom. The van der Waals surface area contributed by atoms with Gasteiger partial charge in [0.25, 0.3) is 0 Å². The summed E-state index contributed by atoms with van der Waals surface area (Å²) >= 11 is 0.363. The van der Waals surface area contributed by atoms with Crippen LogP contribution in [0.15, 0.2) is 91.0 Å². The molecule has 1 atom stereocenters. The van der Waals surface area contributed by atoms with Crippen LogP contribution < -0.4 is 0 Å². The molecule has 1 aliphatic rings. The van der Waals surface area contributed by atoms with Crippen molar-refractivity contribution in [3.8, 4) is 0 Å². The van der Waals surface area contributed by atoms with Crippen LogP contribution in [0, 0.1) is 0 Å². The molecule has 34 heavy (non-hydrogen) atoms. The first kappa shape index (κ1) is 23.2. The molecular formula is C29H25O3ReS. The van der Waals surface area contributed by atoms with E-state index in [2.05, 4.69) is 97.9 Å². The Morgan fingerprint density at radius 3 is 2.03 bits per heavy atom. The van der Waals surface area contributed by atoms with Gasteiger partial charge in [-0.15, -0.1) is 0 Å². The van der Waals surface area contributed by atoms with E-state index in [9.17, 15) is 8.42 Å². The van der Waals surface area contributed by atoms with Crippen molar-refractivity contribution in [3.05, 3.63) is 108 Å². The summed E-state index contributed by atoms with van der Waals surface area (Å²) in [5, 5.41) is 8.25. The van der Waals surface area contributed by atoms with Crippen molar-refractivity contribution in [1.29, 1.82) is 0 Å². The first-order valence-electron chi connectivity index (χ1n) is 11.3. The first-order valence-corrected chi connectivity index (χ1v) is 16.0. The van der Waals surface area contributed by atoms with Gasteiger partial charge in [-0.2, -0.15) is 0 Å². The Hall–Kier alpha value is -2.55. The van der Waals surface area contributed by atoms with E-state index in [0.717, 1.165) is 0 Å². The Bertz CT molecular complexity index is 1630. The minimum atomic E-state index is -3.61. The summed E-state index contributed by atoms with van der Waals surface area (Å²) in [6.45, 7) is 2.46. The molecule has 0 saturated carbocycles. The Labute approximate surface area is 209 Å². The van der Waals surface area contributed by atoms with Crippen LogP contribution in [0.3, 0.4) is 0 Å². The second-order valence-corrected chi connectivity index (χ2v) is 14.1. The van der Waals surface area contributed by atoms with Gasteiger partial charge in [0.1, 0.15) is 0 Å². The SMILES string of the molecule is CC1(c2cccc3ccccc23)CCCc2c1ccc1c2ccc2ccccc21.O=[S](=O)(O)[Re]. The predicted octanol–water partition coefficient (Wildman–Crippen LogP) is 7.12. The fourth-order valence-electron chi connectivity index (χ4n) is 5.68. The molecule has 6 rings (SSSR count). The second-order valence-electron chi connectivity index (χ2n) is 9.10. The molecule has 0 fully saturated rings. The summed E-state index contributed by atoms with van der Waals surface area (Å²) in [5.74, 6) is 0. The van der Waals surface area contributed by atoms with Gasteiger partial charge < -0.3 is 0 Å². The van der Waals surface area contributed by atoms with Crippen molar-refractivity contribution in [1.82, 2.24) is 0 Å². The van der Waals surface area contributed by atoms with Gasteiger partial charge in [0.05, 0.1) is 0 Å². The minimum absolute atomic E-state index is 0.0499. The van der Waals surface area contributed by atoms with Gasteiger partial charge in [-0.3, -0.25) is 0 Å². The van der Waals surface area contributed by atoms with Crippen molar-refractivity contribution in [2.24, 2.45) is 0 Å². The van der Waals surface area contributed by atoms with Gasteiger partial charge in [0.2, 0.25) is 0 Å². The van der Waals surface area contributed by atoms with Crippen LogP contribution in [-0.2, 0) is 37.7 Å². The third kappa shape index (κ3) is 4.30. The number of aryl methyl sites for hydroxylation is 1. The molecule has 0 heterocycles. The van der Waals surface area contributed by atoms with Crippen molar-refractivity contribution >= 4 is 40.3 Å². The maximum atomic E-state index is 9.21. The average Bonchev–Trinajstić information content (AvgIpc) is 2.82. The van der Waals surface area contributed by atoms with Crippen molar-refractivity contribution in [2.75, 3.05) is 0 Å². The van der Waals surface area contributed by atoms with E-state index >= 15 is 0 Å². The Balaban J connectivity index is 0.000000439. The normalized spacial score (nSPS) is 17.9. The van der Waals surface area contributed by atoms with Crippen LogP contribution in [0.25, 0.3) is 32.3 Å². The van der Waals surface area contributed by atoms with Gasteiger partial charge in [-0.1, -0.05) is 97.9 Å². The van der Waals surface area contributed by atoms with Gasteiger partial charge in [-0.05, 0) is 68.3 Å². The molecule has 5 aromatic carbocycles. The molecule has 0 aliphatic heterocycles. The molecule has 5 heteroatoms. The first-order chi connectivity index (χ1) is 16.3. The molecule has 172 valence electrons. The fourth-order valence-corrected chi connectivity index (χ4v) is 5.68. The van der Waals surface area contributed by atoms with Crippen LogP contribution in [0.5, 0.6) is 0 Å². The number of hydrogen-bond acceptors (Lipinski definition) is 2. The fraction of sp³-hybridized carbons (Fsp3) is 0.172. The summed E-state index contributed by atoms with van der Waals surface area (Å²) in [6, 6.07) is 33.8. The summed E-state index contributed by atoms with van der Waals surface area (Å²) in [6.07, 6.45) is 3.61. The summed E-state index contributed by atoms with van der Waals surface area (Å²) < 4.78 is 25.9. The molecule has 1 unspecified atom stereocenters. The molecule has 3 nitrogen and oxygen atoms in total. The van der Waals surface area contributed by atoms with Crippen molar-refractivity contribution in [3.63, 3.8) is 0 Å². The van der Waals surface area contributed by atoms with Crippen molar-refractivity contribution in [2.45, 2.75) is 31.6 Å². The van der Waals surface area contributed by atoms with E-state index in [1.807, 2.05) is 0 Å². The molecule has 0 aromatic heterocycles. The molecule has 0 saturated heterocycles. The van der Waals surface area contributed by atoms with E-state index in [1.165, 1.54) is 62.7 Å². The van der Waals surface area contributed by atoms with E-state index in [4.69, 9.17) is 4.55 Å². The van der Waals surface area contributed by atoms with Crippen LogP contribution in [0.1, 0.15) is 36.5 Å². The van der Waals surface area contributed by atoms with Gasteiger partial charge >= 0.3 is 38.9 Å². The molecule has 0 amide bonds. The summed E-state index contributed by atoms with van der Waals surface area (Å²) in [7, 11) is -3.61. The Morgan fingerprint density at radius 2 is 1.29 bits per heavy atom. The van der Waals surface area contributed by atoms with Crippen LogP contribution in [-0.4, -0.2) is 13.0 Å². The van der Waals surface area contributed by atoms with Crippen LogP contribution in [0.4, 0.5) is 0 Å². The van der Waals surface area contributed by atoms with Crippen LogP contribution in [0.2, 0.25) is 0 Å². The van der Waals surface area contributed by atoms with E-state index in [-0.39, 0.29) is 5.41 Å². The summed E-state index contributed by atoms with van der Waals surface area (Å²) in [5.41, 5.74) is 4.59. The van der Waals surface area contributed by atoms with Gasteiger partial charge in [0.15, 0.2) is 0 Å². The molecule has 5 aromatic rings. The third-order valence-electron chi connectivity index (χ3n) is 7.12. The number of benzene rings is 5. The van der Waals surface area contributed by atoms with E-state index in [0.29, 0.717) is 17.9 Å². The predicted molar refractivity (Wildman–Crippen MR) is 136 cm³/mol. The van der Waals surface area contributed by atoms with Crippen molar-refractivity contribution < 1.29 is 30.9 Å². The number of fused-ring (bicyclic) bond motifs is 6. The molecule has 0 bridgehead atoms. The number of hydrogen-bond donors (Lipinski definition) is 1. The van der Waals surface area contributed by atoms with Crippen LogP contribution >= 0.6 is 0 Å². The second kappa shape index (κ2) is 8.91. The van der Waals surface area contributed by atoms with E-state index in [1.54, 1.807) is 5.56 Å². The molecule has 1 N–H and O–H groups in total. The van der Waals surface area contributed by atoms with Gasteiger partial charge in [-0.25, -0.2) is 0 Å². The summed E-state index contributed by atoms with van der Waals surface area (Å²) in [4.78, 5) is 0. The Kier molecular flexibility index (Phi) is 6.08. The number of rotatable bonds is 1. The molecule has 1 aliphatic carbocycles. The zero-order chi connectivity index (χ0) is 23.9. The third-order valence-corrected chi connectivity index (χ3v) is 7.12. The van der Waals surface area contributed by atoms with E-state index < -0.39 is 7.94 Å². The quantitative estimate of drug-likeness (QED) is 0.157. The standard InChI is InChI=1S/C29H24.HO3S.Re/c1-29(27-14-6-10-20-8-3-5-12-23(20)27)19-7-13-26-25-16-15-21-9-2-4-11-22(21)24(25)17-18-28(26)29;1-4(2)3;/h2-6,8-12,14-18H,7,13,19H2,1H3;(H,1,2,3);. The monoisotopic (exact) mass is 640 g/mol. The zero-order valence-corrected chi connectivity index (χ0v) is 22.4. The maximum absolute atomic E-state index is 9.21. The van der Waals surface area contributed by atoms with Gasteiger partial charge in [0, 0.05) is 5.41 Å².